The molecule has 152 valence electrons. The number of hydrogen-bond donors (Lipinski definition) is 4. The average Bonchev–Trinajstić information content (AvgIpc) is 3.44. The lowest BCUT2D eigenvalue weighted by atomic mass is 9.95. The molecular formula is C19H37ClN4O2. The fraction of sp³-hybridized carbons (Fsp3) is 0.895. The lowest BCUT2D eigenvalue weighted by Gasteiger charge is -2.29. The molecule has 5 N–H and O–H groups in total. The van der Waals surface area contributed by atoms with Crippen molar-refractivity contribution in [1.82, 2.24) is 16.0 Å². The SMILES string of the molecule is CC(CN)(NC(=O)CCCCCNC(=O)NC1CCCCC1)C1CC1.Cl. The van der Waals surface area contributed by atoms with E-state index < -0.39 is 0 Å². The second-order valence-corrected chi connectivity index (χ2v) is 7.99. The predicted octanol–water partition coefficient (Wildman–Crippen LogP) is 2.84. The van der Waals surface area contributed by atoms with Crippen LogP contribution in [0, 0.1) is 5.92 Å². The third-order valence-corrected chi connectivity index (χ3v) is 5.63. The minimum absolute atomic E-state index is 0. The Balaban J connectivity index is 0.00000338. The maximum atomic E-state index is 12.1. The normalized spacial score (nSPS) is 19.8. The van der Waals surface area contributed by atoms with Crippen molar-refractivity contribution in [3.63, 3.8) is 0 Å². The van der Waals surface area contributed by atoms with Gasteiger partial charge in [-0.25, -0.2) is 4.79 Å². The molecule has 2 fully saturated rings. The highest BCUT2D eigenvalue weighted by molar-refractivity contribution is 5.85. The summed E-state index contributed by atoms with van der Waals surface area (Å²) in [5.41, 5.74) is 5.60. The second-order valence-electron chi connectivity index (χ2n) is 7.99. The molecule has 0 bridgehead atoms. The van der Waals surface area contributed by atoms with E-state index in [9.17, 15) is 9.59 Å². The number of halogens is 1. The van der Waals surface area contributed by atoms with Gasteiger partial charge in [-0.3, -0.25) is 4.79 Å². The van der Waals surface area contributed by atoms with Crippen LogP contribution in [0.15, 0.2) is 0 Å². The second kappa shape index (κ2) is 11.7. The summed E-state index contributed by atoms with van der Waals surface area (Å²) < 4.78 is 0. The van der Waals surface area contributed by atoms with Gasteiger partial charge >= 0.3 is 6.03 Å². The lowest BCUT2D eigenvalue weighted by molar-refractivity contribution is -0.123. The fourth-order valence-electron chi connectivity index (χ4n) is 3.69. The van der Waals surface area contributed by atoms with Gasteiger partial charge < -0.3 is 21.7 Å². The number of carbonyl (C=O) groups excluding carboxylic acids is 2. The quantitative estimate of drug-likeness (QED) is 0.433. The Hall–Kier alpha value is -1.01. The van der Waals surface area contributed by atoms with Crippen LogP contribution in [0.25, 0.3) is 0 Å². The maximum absolute atomic E-state index is 12.1. The van der Waals surface area contributed by atoms with Crippen molar-refractivity contribution >= 4 is 24.3 Å². The molecule has 26 heavy (non-hydrogen) atoms. The van der Waals surface area contributed by atoms with E-state index in [1.807, 2.05) is 0 Å². The first kappa shape index (κ1) is 23.0. The van der Waals surface area contributed by atoms with E-state index in [4.69, 9.17) is 5.73 Å². The molecular weight excluding hydrogens is 352 g/mol. The molecule has 2 rings (SSSR count). The summed E-state index contributed by atoms with van der Waals surface area (Å²) in [6.45, 7) is 3.23. The molecule has 2 saturated carbocycles. The molecule has 7 heteroatoms. The van der Waals surface area contributed by atoms with Gasteiger partial charge in [-0.15, -0.1) is 12.4 Å². The molecule has 0 aromatic carbocycles. The van der Waals surface area contributed by atoms with Crippen molar-refractivity contribution < 1.29 is 9.59 Å². The number of hydrogen-bond acceptors (Lipinski definition) is 3. The van der Waals surface area contributed by atoms with E-state index in [1.165, 1.54) is 32.1 Å². The summed E-state index contributed by atoms with van der Waals surface area (Å²) in [5, 5.41) is 9.09. The van der Waals surface area contributed by atoms with Gasteiger partial charge in [-0.2, -0.15) is 0 Å². The summed E-state index contributed by atoms with van der Waals surface area (Å²) in [4.78, 5) is 23.9. The standard InChI is InChI=1S/C19H36N4O2.ClH/c1-19(14-20,15-11-12-15)23-17(24)10-6-3-7-13-21-18(25)22-16-8-4-2-5-9-16;/h15-16H,2-14,20H2,1H3,(H,23,24)(H2,21,22,25);1H. The number of unbranched alkanes of at least 4 members (excludes halogenated alkanes) is 2. The molecule has 2 aliphatic carbocycles. The Kier molecular flexibility index (Phi) is 10.3. The van der Waals surface area contributed by atoms with Crippen LogP contribution in [0.1, 0.15) is 77.6 Å². The van der Waals surface area contributed by atoms with Crippen molar-refractivity contribution in [3.8, 4) is 0 Å². The molecule has 3 amide bonds. The Morgan fingerprint density at radius 2 is 1.73 bits per heavy atom. The van der Waals surface area contributed by atoms with Gasteiger partial charge in [0.2, 0.25) is 5.91 Å². The highest BCUT2D eigenvalue weighted by Gasteiger charge is 2.41. The lowest BCUT2D eigenvalue weighted by Crippen LogP contribution is -2.53. The highest BCUT2D eigenvalue weighted by atomic mass is 35.5. The van der Waals surface area contributed by atoms with E-state index in [1.54, 1.807) is 0 Å². The van der Waals surface area contributed by atoms with Crippen LogP contribution in [0.5, 0.6) is 0 Å². The smallest absolute Gasteiger partial charge is 0.315 e. The molecule has 2 aliphatic rings. The van der Waals surface area contributed by atoms with Crippen molar-refractivity contribution in [1.29, 1.82) is 0 Å². The van der Waals surface area contributed by atoms with Crippen LogP contribution in [0.4, 0.5) is 4.79 Å². The molecule has 0 spiro atoms. The van der Waals surface area contributed by atoms with Crippen LogP contribution in [0.2, 0.25) is 0 Å². The van der Waals surface area contributed by atoms with Gasteiger partial charge in [-0.05, 0) is 51.4 Å². The van der Waals surface area contributed by atoms with Crippen LogP contribution in [0.3, 0.4) is 0 Å². The Morgan fingerprint density at radius 3 is 2.35 bits per heavy atom. The van der Waals surface area contributed by atoms with Gasteiger partial charge in [-0.1, -0.05) is 25.7 Å². The fourth-order valence-corrected chi connectivity index (χ4v) is 3.69. The Labute approximate surface area is 164 Å². The van der Waals surface area contributed by atoms with Crippen molar-refractivity contribution in [2.75, 3.05) is 13.1 Å². The summed E-state index contributed by atoms with van der Waals surface area (Å²) in [7, 11) is 0. The van der Waals surface area contributed by atoms with Crippen LogP contribution >= 0.6 is 12.4 Å². The zero-order valence-corrected chi connectivity index (χ0v) is 17.0. The molecule has 0 aliphatic heterocycles. The summed E-state index contributed by atoms with van der Waals surface area (Å²) in [5.74, 6) is 0.649. The molecule has 1 atom stereocenters. The Morgan fingerprint density at radius 1 is 1.04 bits per heavy atom. The monoisotopic (exact) mass is 388 g/mol. The number of rotatable bonds is 10. The average molecular weight is 389 g/mol. The van der Waals surface area contributed by atoms with Gasteiger partial charge in [0.05, 0.1) is 5.54 Å². The largest absolute Gasteiger partial charge is 0.349 e. The minimum atomic E-state index is -0.226. The van der Waals surface area contributed by atoms with E-state index in [0.717, 1.165) is 32.1 Å². The van der Waals surface area contributed by atoms with E-state index in [-0.39, 0.29) is 29.9 Å². The zero-order chi connectivity index (χ0) is 18.1. The van der Waals surface area contributed by atoms with E-state index in [0.29, 0.717) is 31.5 Å². The Bertz CT molecular complexity index is 439. The van der Waals surface area contributed by atoms with Crippen molar-refractivity contribution in [3.05, 3.63) is 0 Å². The molecule has 0 heterocycles. The van der Waals surface area contributed by atoms with Gasteiger partial charge in [0, 0.05) is 25.6 Å². The molecule has 0 saturated heterocycles. The molecule has 0 aromatic rings. The third kappa shape index (κ3) is 8.12. The molecule has 6 nitrogen and oxygen atoms in total. The van der Waals surface area contributed by atoms with E-state index >= 15 is 0 Å². The van der Waals surface area contributed by atoms with Gasteiger partial charge in [0.1, 0.15) is 0 Å². The first-order chi connectivity index (χ1) is 12.0. The van der Waals surface area contributed by atoms with Crippen molar-refractivity contribution in [2.45, 2.75) is 89.1 Å². The number of urea groups is 1. The van der Waals surface area contributed by atoms with Gasteiger partial charge in [0.15, 0.2) is 0 Å². The number of amides is 3. The van der Waals surface area contributed by atoms with Crippen LogP contribution in [-0.2, 0) is 4.79 Å². The summed E-state index contributed by atoms with van der Waals surface area (Å²) in [6, 6.07) is 0.300. The number of carbonyl (C=O) groups is 2. The van der Waals surface area contributed by atoms with Crippen LogP contribution < -0.4 is 21.7 Å². The molecule has 0 aromatic heterocycles. The summed E-state index contributed by atoms with van der Waals surface area (Å²) in [6.07, 6.45) is 11.5. The number of nitrogens with two attached hydrogens (primary N) is 1. The van der Waals surface area contributed by atoms with Gasteiger partial charge in [0.25, 0.3) is 0 Å². The first-order valence-corrected chi connectivity index (χ1v) is 10.1. The minimum Gasteiger partial charge on any atom is -0.349 e. The highest BCUT2D eigenvalue weighted by Crippen LogP contribution is 2.39. The van der Waals surface area contributed by atoms with Crippen molar-refractivity contribution in [2.24, 2.45) is 11.7 Å². The predicted molar refractivity (Wildman–Crippen MR) is 107 cm³/mol. The van der Waals surface area contributed by atoms with E-state index in [2.05, 4.69) is 22.9 Å². The first-order valence-electron chi connectivity index (χ1n) is 10.1. The zero-order valence-electron chi connectivity index (χ0n) is 16.1. The maximum Gasteiger partial charge on any atom is 0.315 e. The third-order valence-electron chi connectivity index (χ3n) is 5.63. The molecule has 1 unspecified atom stereocenters. The number of nitrogens with one attached hydrogen (secondary N) is 3. The summed E-state index contributed by atoms with van der Waals surface area (Å²) >= 11 is 0. The van der Waals surface area contributed by atoms with Crippen LogP contribution in [-0.4, -0.2) is 36.6 Å². The topological polar surface area (TPSA) is 96.2 Å². The molecule has 0 radical (unpaired) electrons.